The zero-order valence-electron chi connectivity index (χ0n) is 5.72. The van der Waals surface area contributed by atoms with E-state index in [2.05, 4.69) is 0 Å². The molecule has 0 saturated carbocycles. The van der Waals surface area contributed by atoms with Gasteiger partial charge < -0.3 is 9.47 Å². The molecule has 0 aromatic heterocycles. The lowest BCUT2D eigenvalue weighted by atomic mass is 10.5. The molecule has 0 spiro atoms. The zero-order chi connectivity index (χ0) is 7.11. The van der Waals surface area contributed by atoms with Gasteiger partial charge >= 0.3 is 0 Å². The highest BCUT2D eigenvalue weighted by atomic mass is 16.7. The molecule has 0 amide bonds. The Kier molecular flexibility index (Phi) is 5.46. The van der Waals surface area contributed by atoms with Crippen molar-refractivity contribution < 1.29 is 14.3 Å². The molecule has 0 aromatic carbocycles. The monoisotopic (exact) mass is 131 g/mol. The van der Waals surface area contributed by atoms with Crippen molar-refractivity contribution in [2.45, 2.75) is 19.6 Å². The molecule has 3 heteroatoms. The summed E-state index contributed by atoms with van der Waals surface area (Å²) in [6.07, 6.45) is 1.81. The fraction of sp³-hybridized carbons (Fsp3) is 0.833. The van der Waals surface area contributed by atoms with Gasteiger partial charge in [0.05, 0.1) is 6.61 Å². The van der Waals surface area contributed by atoms with Gasteiger partial charge in [0.1, 0.15) is 0 Å². The first-order chi connectivity index (χ1) is 4.31. The molecule has 0 aliphatic heterocycles. The van der Waals surface area contributed by atoms with Crippen LogP contribution in [-0.4, -0.2) is 26.3 Å². The smallest absolute Gasteiger partial charge is 0.200 e. The van der Waals surface area contributed by atoms with Gasteiger partial charge in [0.25, 0.3) is 0 Å². The van der Waals surface area contributed by atoms with E-state index in [0.29, 0.717) is 13.0 Å². The van der Waals surface area contributed by atoms with Crippen LogP contribution in [0.5, 0.6) is 0 Å². The molecule has 0 fully saturated rings. The number of methoxy groups -OCH3 is 1. The summed E-state index contributed by atoms with van der Waals surface area (Å²) in [6.45, 7) is 2.16. The molecule has 1 unspecified atom stereocenters. The normalized spacial score (nSPS) is 13.1. The van der Waals surface area contributed by atoms with Crippen molar-refractivity contribution in [1.29, 1.82) is 0 Å². The Bertz CT molecular complexity index is 72.7. The van der Waals surface area contributed by atoms with E-state index in [9.17, 15) is 4.79 Å². The molecule has 0 aromatic rings. The zero-order valence-corrected chi connectivity index (χ0v) is 5.72. The van der Waals surface area contributed by atoms with Crippen molar-refractivity contribution >= 4 is 6.29 Å². The molecule has 0 N–H and O–H groups in total. The van der Waals surface area contributed by atoms with E-state index in [1.165, 1.54) is 0 Å². The first-order valence-corrected chi connectivity index (χ1v) is 2.80. The second-order valence-electron chi connectivity index (χ2n) is 1.57. The minimum Gasteiger partial charge on any atom is -0.356 e. The van der Waals surface area contributed by atoms with Crippen molar-refractivity contribution in [3.8, 4) is 0 Å². The topological polar surface area (TPSA) is 35.5 Å². The largest absolute Gasteiger partial charge is 0.356 e. The summed E-state index contributed by atoms with van der Waals surface area (Å²) >= 11 is 0. The van der Waals surface area contributed by atoms with Gasteiger partial charge in [-0.25, -0.2) is 0 Å². The third-order valence-electron chi connectivity index (χ3n) is 0.889. The SMILES string of the molecule is COC(C)OCC[C]=O. The van der Waals surface area contributed by atoms with Crippen LogP contribution in [0.2, 0.25) is 0 Å². The number of hydrogen-bond acceptors (Lipinski definition) is 3. The Morgan fingerprint density at radius 1 is 1.67 bits per heavy atom. The average molecular weight is 131 g/mol. The lowest BCUT2D eigenvalue weighted by Gasteiger charge is -2.07. The van der Waals surface area contributed by atoms with Gasteiger partial charge in [-0.3, -0.25) is 4.79 Å². The second-order valence-corrected chi connectivity index (χ2v) is 1.57. The Hall–Kier alpha value is -0.410. The first-order valence-electron chi connectivity index (χ1n) is 2.80. The van der Waals surface area contributed by atoms with Gasteiger partial charge in [-0.15, -0.1) is 0 Å². The maximum absolute atomic E-state index is 9.63. The Labute approximate surface area is 55.0 Å². The molecule has 1 radical (unpaired) electrons. The van der Waals surface area contributed by atoms with E-state index in [1.807, 2.05) is 0 Å². The van der Waals surface area contributed by atoms with Crippen LogP contribution in [-0.2, 0) is 14.3 Å². The van der Waals surface area contributed by atoms with E-state index in [0.717, 1.165) is 0 Å². The molecular weight excluding hydrogens is 120 g/mol. The second kappa shape index (κ2) is 5.72. The quantitative estimate of drug-likeness (QED) is 0.402. The third kappa shape index (κ3) is 5.46. The molecule has 3 nitrogen and oxygen atoms in total. The molecular formula is C6H11O3. The van der Waals surface area contributed by atoms with E-state index in [-0.39, 0.29) is 6.29 Å². The van der Waals surface area contributed by atoms with Crippen molar-refractivity contribution in [3.05, 3.63) is 0 Å². The predicted octanol–water partition coefficient (Wildman–Crippen LogP) is 0.495. The molecule has 0 heterocycles. The van der Waals surface area contributed by atoms with Gasteiger partial charge in [0, 0.05) is 13.5 Å². The maximum Gasteiger partial charge on any atom is 0.200 e. The van der Waals surface area contributed by atoms with Crippen LogP contribution in [0.15, 0.2) is 0 Å². The van der Waals surface area contributed by atoms with E-state index in [1.54, 1.807) is 20.3 Å². The summed E-state index contributed by atoms with van der Waals surface area (Å²) < 4.78 is 9.69. The number of carbonyl (C=O) groups excluding carboxylic acids is 1. The van der Waals surface area contributed by atoms with Gasteiger partial charge in [0.15, 0.2) is 6.29 Å². The predicted molar refractivity (Wildman–Crippen MR) is 32.7 cm³/mol. The lowest BCUT2D eigenvalue weighted by molar-refractivity contribution is -0.108. The number of ether oxygens (including phenoxy) is 2. The number of hydrogen-bond donors (Lipinski definition) is 0. The van der Waals surface area contributed by atoms with Crippen molar-refractivity contribution in [2.75, 3.05) is 13.7 Å². The minimum absolute atomic E-state index is 0.224. The van der Waals surface area contributed by atoms with Crippen molar-refractivity contribution in [3.63, 3.8) is 0 Å². The molecule has 0 bridgehead atoms. The van der Waals surface area contributed by atoms with Crippen LogP contribution >= 0.6 is 0 Å². The highest BCUT2D eigenvalue weighted by molar-refractivity contribution is 5.50. The van der Waals surface area contributed by atoms with Crippen LogP contribution in [0.1, 0.15) is 13.3 Å². The minimum atomic E-state index is -0.224. The summed E-state index contributed by atoms with van der Waals surface area (Å²) in [7, 11) is 1.55. The van der Waals surface area contributed by atoms with Gasteiger partial charge in [0.2, 0.25) is 6.29 Å². The molecule has 0 rings (SSSR count). The summed E-state index contributed by atoms with van der Waals surface area (Å²) in [5, 5.41) is 0. The fourth-order valence-electron chi connectivity index (χ4n) is 0.335. The van der Waals surface area contributed by atoms with Gasteiger partial charge in [-0.1, -0.05) is 0 Å². The molecule has 0 saturated heterocycles. The summed E-state index contributed by atoms with van der Waals surface area (Å²) in [5.41, 5.74) is 0. The van der Waals surface area contributed by atoms with E-state index >= 15 is 0 Å². The lowest BCUT2D eigenvalue weighted by Crippen LogP contribution is -2.10. The summed E-state index contributed by atoms with van der Waals surface area (Å²) in [5.74, 6) is 0. The van der Waals surface area contributed by atoms with E-state index < -0.39 is 0 Å². The standard InChI is InChI=1S/C6H11O3/c1-6(8-2)9-5-3-4-7/h6H,3,5H2,1-2H3. The van der Waals surface area contributed by atoms with Gasteiger partial charge in [-0.05, 0) is 6.92 Å². The summed E-state index contributed by atoms with van der Waals surface area (Å²) in [6, 6.07) is 0. The third-order valence-corrected chi connectivity index (χ3v) is 0.889. The Balaban J connectivity index is 2.96. The summed E-state index contributed by atoms with van der Waals surface area (Å²) in [4.78, 5) is 9.63. The highest BCUT2D eigenvalue weighted by Crippen LogP contribution is 1.90. The van der Waals surface area contributed by atoms with E-state index in [4.69, 9.17) is 9.47 Å². The average Bonchev–Trinajstić information content (AvgIpc) is 1.89. The van der Waals surface area contributed by atoms with Crippen molar-refractivity contribution in [1.82, 2.24) is 0 Å². The van der Waals surface area contributed by atoms with Crippen LogP contribution in [0.4, 0.5) is 0 Å². The van der Waals surface area contributed by atoms with Crippen LogP contribution in [0.3, 0.4) is 0 Å². The molecule has 9 heavy (non-hydrogen) atoms. The maximum atomic E-state index is 9.63. The Morgan fingerprint density at radius 2 is 2.33 bits per heavy atom. The fourth-order valence-corrected chi connectivity index (χ4v) is 0.335. The molecule has 53 valence electrons. The first kappa shape index (κ1) is 8.59. The van der Waals surface area contributed by atoms with Gasteiger partial charge in [-0.2, -0.15) is 0 Å². The van der Waals surface area contributed by atoms with Crippen LogP contribution < -0.4 is 0 Å². The Morgan fingerprint density at radius 3 is 2.78 bits per heavy atom. The highest BCUT2D eigenvalue weighted by Gasteiger charge is 1.95. The van der Waals surface area contributed by atoms with Crippen LogP contribution in [0, 0.1) is 0 Å². The molecule has 0 aliphatic carbocycles. The van der Waals surface area contributed by atoms with Crippen LogP contribution in [0.25, 0.3) is 0 Å². The number of rotatable bonds is 5. The molecule has 0 aliphatic rings. The van der Waals surface area contributed by atoms with Crippen molar-refractivity contribution in [2.24, 2.45) is 0 Å². The molecule has 1 atom stereocenters.